The molecule has 0 radical (unpaired) electrons. The van der Waals surface area contributed by atoms with E-state index in [1.807, 2.05) is 35.9 Å². The number of β-amino-alcohol motifs (C(OH)–C–C–N with tert-alkyl or cyclic N) is 1. The van der Waals surface area contributed by atoms with Crippen molar-refractivity contribution in [3.05, 3.63) is 45.6 Å². The Morgan fingerprint density at radius 1 is 1.22 bits per heavy atom. The molecule has 4 aromatic rings. The summed E-state index contributed by atoms with van der Waals surface area (Å²) in [6.07, 6.45) is 5.17. The van der Waals surface area contributed by atoms with Gasteiger partial charge in [-0.2, -0.15) is 4.98 Å². The zero-order chi connectivity index (χ0) is 24.9. The molecule has 1 aliphatic heterocycles. The molecule has 0 spiro atoms. The Hall–Kier alpha value is -2.79. The maximum Gasteiger partial charge on any atom is 0.245 e. The lowest BCUT2D eigenvalue weighted by atomic mass is 10.2. The highest BCUT2D eigenvalue weighted by Gasteiger charge is 2.41. The van der Waals surface area contributed by atoms with Crippen LogP contribution in [0.15, 0.2) is 30.7 Å². The highest BCUT2D eigenvalue weighted by Crippen LogP contribution is 2.41. The summed E-state index contributed by atoms with van der Waals surface area (Å²) in [6, 6.07) is 5.64. The smallest absolute Gasteiger partial charge is 0.245 e. The molecule has 1 saturated carbocycles. The Kier molecular flexibility index (Phi) is 6.07. The molecular weight excluding hydrogens is 500 g/mol. The van der Waals surface area contributed by atoms with Crippen molar-refractivity contribution in [2.45, 2.75) is 44.9 Å². The van der Waals surface area contributed by atoms with Crippen LogP contribution in [0.1, 0.15) is 29.7 Å². The standard InChI is InChI=1S/C25H27ClN6O3S/c1-15-10-27-20(36-15)13-32-22(30-21-23(32)28-14-29-24(21)35-25(2)5-6-25)18-4-3-17(9-19(18)26)34-8-7-31-11-16(33)12-31/h3-4,9-10,14,16,33H,5-8,11-13H2,1-2H3. The third-order valence-corrected chi connectivity index (χ3v) is 7.76. The van der Waals surface area contributed by atoms with Crippen molar-refractivity contribution < 1.29 is 14.6 Å². The molecule has 0 atom stereocenters. The van der Waals surface area contributed by atoms with Crippen molar-refractivity contribution in [2.24, 2.45) is 0 Å². The first-order valence-corrected chi connectivity index (χ1v) is 13.2. The van der Waals surface area contributed by atoms with E-state index in [0.717, 1.165) is 34.8 Å². The van der Waals surface area contributed by atoms with Crippen molar-refractivity contribution in [1.82, 2.24) is 29.4 Å². The van der Waals surface area contributed by atoms with E-state index in [-0.39, 0.29) is 11.7 Å². The predicted molar refractivity (Wildman–Crippen MR) is 138 cm³/mol. The zero-order valence-corrected chi connectivity index (χ0v) is 21.7. The van der Waals surface area contributed by atoms with Gasteiger partial charge in [-0.05, 0) is 44.9 Å². The highest BCUT2D eigenvalue weighted by atomic mass is 35.5. The Labute approximate surface area is 217 Å². The second-order valence-electron chi connectivity index (χ2n) is 9.69. The van der Waals surface area contributed by atoms with Crippen molar-refractivity contribution in [3.8, 4) is 23.0 Å². The fourth-order valence-corrected chi connectivity index (χ4v) is 5.28. The summed E-state index contributed by atoms with van der Waals surface area (Å²) in [4.78, 5) is 21.7. The van der Waals surface area contributed by atoms with E-state index in [9.17, 15) is 5.11 Å². The largest absolute Gasteiger partial charge is 0.492 e. The molecule has 1 saturated heterocycles. The fourth-order valence-electron chi connectivity index (χ4n) is 4.25. The molecule has 4 heterocycles. The second kappa shape index (κ2) is 9.26. The van der Waals surface area contributed by atoms with Gasteiger partial charge in [0.2, 0.25) is 5.88 Å². The van der Waals surface area contributed by atoms with Gasteiger partial charge in [0, 0.05) is 36.3 Å². The predicted octanol–water partition coefficient (Wildman–Crippen LogP) is 3.95. The van der Waals surface area contributed by atoms with Gasteiger partial charge in [-0.3, -0.25) is 4.90 Å². The van der Waals surface area contributed by atoms with Gasteiger partial charge in [-0.1, -0.05) is 11.6 Å². The van der Waals surface area contributed by atoms with Crippen LogP contribution in [0.25, 0.3) is 22.6 Å². The number of rotatable bonds is 9. The molecule has 2 aliphatic rings. The molecule has 0 amide bonds. The van der Waals surface area contributed by atoms with Gasteiger partial charge in [0.25, 0.3) is 0 Å². The SMILES string of the molecule is Cc1cnc(Cn2c(-c3ccc(OCCN4CC(O)C4)cc3Cl)nc3c(OC4(C)CC4)ncnc32)s1. The number of benzene rings is 1. The minimum Gasteiger partial charge on any atom is -0.492 e. The number of aliphatic hydroxyl groups is 1. The molecule has 11 heteroatoms. The number of fused-ring (bicyclic) bond motifs is 1. The van der Waals surface area contributed by atoms with Gasteiger partial charge in [0.05, 0.1) is 17.7 Å². The summed E-state index contributed by atoms with van der Waals surface area (Å²) in [7, 11) is 0. The van der Waals surface area contributed by atoms with E-state index in [0.29, 0.717) is 59.9 Å². The van der Waals surface area contributed by atoms with Crippen LogP contribution in [0.2, 0.25) is 5.02 Å². The van der Waals surface area contributed by atoms with Gasteiger partial charge in [0.15, 0.2) is 11.2 Å². The van der Waals surface area contributed by atoms with Crippen molar-refractivity contribution >= 4 is 34.1 Å². The van der Waals surface area contributed by atoms with Crippen LogP contribution in [0.4, 0.5) is 0 Å². The second-order valence-corrected chi connectivity index (χ2v) is 11.4. The molecule has 9 nitrogen and oxygen atoms in total. The molecule has 1 N–H and O–H groups in total. The maximum absolute atomic E-state index is 9.43. The monoisotopic (exact) mass is 526 g/mol. The molecule has 3 aromatic heterocycles. The molecule has 1 aromatic carbocycles. The highest BCUT2D eigenvalue weighted by molar-refractivity contribution is 7.11. The topological polar surface area (TPSA) is 98.4 Å². The van der Waals surface area contributed by atoms with E-state index in [1.54, 1.807) is 11.3 Å². The number of thiazole rings is 1. The number of hydrogen-bond donors (Lipinski definition) is 1. The quantitative estimate of drug-likeness (QED) is 0.350. The molecule has 1 aliphatic carbocycles. The number of aryl methyl sites for hydroxylation is 1. The average molecular weight is 527 g/mol. The zero-order valence-electron chi connectivity index (χ0n) is 20.1. The first-order chi connectivity index (χ1) is 17.4. The summed E-state index contributed by atoms with van der Waals surface area (Å²) in [5.74, 6) is 1.85. The summed E-state index contributed by atoms with van der Waals surface area (Å²) in [5.41, 5.74) is 1.87. The molecule has 36 heavy (non-hydrogen) atoms. The van der Waals surface area contributed by atoms with Crippen LogP contribution in [0, 0.1) is 6.92 Å². The first-order valence-electron chi connectivity index (χ1n) is 12.0. The molecule has 0 bridgehead atoms. The fraction of sp³-hybridized carbons (Fsp3) is 0.440. The van der Waals surface area contributed by atoms with Crippen LogP contribution in [-0.4, -0.2) is 72.5 Å². The Bertz CT molecular complexity index is 1410. The lowest BCUT2D eigenvalue weighted by Crippen LogP contribution is -2.51. The van der Waals surface area contributed by atoms with Crippen LogP contribution >= 0.6 is 22.9 Å². The lowest BCUT2D eigenvalue weighted by Gasteiger charge is -2.35. The molecular formula is C25H27ClN6O3S. The van der Waals surface area contributed by atoms with Crippen molar-refractivity contribution in [2.75, 3.05) is 26.2 Å². The lowest BCUT2D eigenvalue weighted by molar-refractivity contribution is -0.00387. The summed E-state index contributed by atoms with van der Waals surface area (Å²) >= 11 is 8.41. The summed E-state index contributed by atoms with van der Waals surface area (Å²) < 4.78 is 14.1. The Morgan fingerprint density at radius 2 is 2.06 bits per heavy atom. The van der Waals surface area contributed by atoms with Gasteiger partial charge >= 0.3 is 0 Å². The number of nitrogens with zero attached hydrogens (tertiary/aromatic N) is 6. The van der Waals surface area contributed by atoms with Gasteiger partial charge < -0.3 is 19.1 Å². The third kappa shape index (κ3) is 4.78. The van der Waals surface area contributed by atoms with Gasteiger partial charge in [0.1, 0.15) is 35.1 Å². The molecule has 0 unspecified atom stereocenters. The number of hydrogen-bond acceptors (Lipinski definition) is 9. The van der Waals surface area contributed by atoms with E-state index in [1.165, 1.54) is 6.33 Å². The van der Waals surface area contributed by atoms with Crippen LogP contribution < -0.4 is 9.47 Å². The number of aromatic nitrogens is 5. The van der Waals surface area contributed by atoms with Crippen LogP contribution in [-0.2, 0) is 6.54 Å². The van der Waals surface area contributed by atoms with Crippen molar-refractivity contribution in [1.29, 1.82) is 0 Å². The van der Waals surface area contributed by atoms with E-state index in [2.05, 4.69) is 26.8 Å². The van der Waals surface area contributed by atoms with E-state index in [4.69, 9.17) is 26.1 Å². The minimum absolute atomic E-state index is 0.192. The number of likely N-dealkylation sites (tertiary alicyclic amines) is 1. The summed E-state index contributed by atoms with van der Waals surface area (Å²) in [6.45, 7) is 7.32. The first kappa shape index (κ1) is 23.6. The molecule has 6 rings (SSSR count). The number of imidazole rings is 1. The number of halogens is 1. The number of ether oxygens (including phenoxy) is 2. The van der Waals surface area contributed by atoms with Gasteiger partial charge in [-0.25, -0.2) is 15.0 Å². The van der Waals surface area contributed by atoms with E-state index < -0.39 is 0 Å². The number of aliphatic hydroxyl groups excluding tert-OH is 1. The van der Waals surface area contributed by atoms with Crippen LogP contribution in [0.5, 0.6) is 11.6 Å². The Morgan fingerprint density at radius 3 is 2.75 bits per heavy atom. The van der Waals surface area contributed by atoms with E-state index >= 15 is 0 Å². The Balaban J connectivity index is 1.33. The normalized spacial score (nSPS) is 17.3. The third-order valence-electron chi connectivity index (χ3n) is 6.55. The van der Waals surface area contributed by atoms with Crippen LogP contribution in [0.3, 0.4) is 0 Å². The maximum atomic E-state index is 9.43. The minimum atomic E-state index is -0.214. The van der Waals surface area contributed by atoms with Gasteiger partial charge in [-0.15, -0.1) is 11.3 Å². The average Bonchev–Trinajstić information content (AvgIpc) is 3.23. The summed E-state index contributed by atoms with van der Waals surface area (Å²) in [5, 5.41) is 10.9. The van der Waals surface area contributed by atoms with Crippen molar-refractivity contribution in [3.63, 3.8) is 0 Å². The molecule has 2 fully saturated rings. The molecule has 188 valence electrons.